The van der Waals surface area contributed by atoms with Gasteiger partial charge in [0.1, 0.15) is 11.3 Å². The van der Waals surface area contributed by atoms with E-state index in [0.717, 1.165) is 23.9 Å². The number of carbonyl (C=O) groups is 1. The minimum Gasteiger partial charge on any atom is -0.494 e. The molecule has 0 saturated carbocycles. The minimum absolute atomic E-state index is 0.0428. The van der Waals surface area contributed by atoms with Gasteiger partial charge in [-0.25, -0.2) is 4.98 Å². The molecule has 1 N–H and O–H groups in total. The minimum atomic E-state index is -0.0428. The third-order valence-electron chi connectivity index (χ3n) is 3.81. The number of rotatable bonds is 8. The Morgan fingerprint density at radius 2 is 2.08 bits per heavy atom. The quantitative estimate of drug-likeness (QED) is 0.628. The second-order valence-corrected chi connectivity index (χ2v) is 5.80. The molecule has 2 aromatic carbocycles. The van der Waals surface area contributed by atoms with Crippen LogP contribution in [0.1, 0.15) is 30.7 Å². The average Bonchev–Trinajstić information content (AvgIpc) is 3.09. The smallest absolute Gasteiger partial charge is 0.220 e. The van der Waals surface area contributed by atoms with E-state index in [9.17, 15) is 4.79 Å². The number of benzene rings is 2. The molecule has 26 heavy (non-hydrogen) atoms. The van der Waals surface area contributed by atoms with E-state index in [4.69, 9.17) is 14.4 Å². The summed E-state index contributed by atoms with van der Waals surface area (Å²) in [5.74, 6) is 1.13. The molecule has 6 nitrogen and oxygen atoms in total. The van der Waals surface area contributed by atoms with Crippen molar-refractivity contribution >= 4 is 17.0 Å². The van der Waals surface area contributed by atoms with Crippen molar-refractivity contribution in [1.82, 2.24) is 10.3 Å². The number of ether oxygens (including phenoxy) is 1. The van der Waals surface area contributed by atoms with Crippen LogP contribution in [0.3, 0.4) is 0 Å². The molecule has 0 radical (unpaired) electrons. The van der Waals surface area contributed by atoms with Gasteiger partial charge in [-0.05, 0) is 43.2 Å². The van der Waals surface area contributed by atoms with Crippen molar-refractivity contribution in [1.29, 1.82) is 5.26 Å². The van der Waals surface area contributed by atoms with E-state index in [0.29, 0.717) is 30.2 Å². The first-order chi connectivity index (χ1) is 12.7. The topological polar surface area (TPSA) is 88.1 Å². The van der Waals surface area contributed by atoms with Gasteiger partial charge < -0.3 is 14.5 Å². The number of oxazole rings is 1. The van der Waals surface area contributed by atoms with Crippen molar-refractivity contribution in [2.45, 2.75) is 25.8 Å². The molecule has 1 amide bonds. The van der Waals surface area contributed by atoms with Crippen molar-refractivity contribution in [3.05, 3.63) is 60.0 Å². The van der Waals surface area contributed by atoms with Gasteiger partial charge in [0, 0.05) is 6.42 Å². The number of nitrogens with one attached hydrogen (secondary N) is 1. The first kappa shape index (κ1) is 17.5. The molecular weight excluding hydrogens is 330 g/mol. The number of carbonyl (C=O) groups excluding carboxylic acids is 1. The fourth-order valence-electron chi connectivity index (χ4n) is 2.49. The largest absolute Gasteiger partial charge is 0.494 e. The summed E-state index contributed by atoms with van der Waals surface area (Å²) >= 11 is 0. The molecule has 3 aromatic rings. The number of aromatic nitrogens is 1. The van der Waals surface area contributed by atoms with E-state index in [-0.39, 0.29) is 12.5 Å². The maximum atomic E-state index is 11.9. The van der Waals surface area contributed by atoms with Gasteiger partial charge >= 0.3 is 0 Å². The lowest BCUT2D eigenvalue weighted by Crippen LogP contribution is -2.22. The van der Waals surface area contributed by atoms with Gasteiger partial charge in [0.15, 0.2) is 5.58 Å². The van der Waals surface area contributed by atoms with E-state index in [1.54, 1.807) is 18.2 Å². The molecule has 3 rings (SSSR count). The normalized spacial score (nSPS) is 10.4. The zero-order valence-electron chi connectivity index (χ0n) is 14.3. The number of nitriles is 1. The van der Waals surface area contributed by atoms with Crippen molar-refractivity contribution < 1.29 is 13.9 Å². The molecule has 1 heterocycles. The van der Waals surface area contributed by atoms with E-state index in [2.05, 4.69) is 16.4 Å². The van der Waals surface area contributed by atoms with Crippen molar-refractivity contribution in [2.24, 2.45) is 0 Å². The number of hydrogen-bond donors (Lipinski definition) is 1. The molecular formula is C20H19N3O3. The van der Waals surface area contributed by atoms with Crippen LogP contribution >= 0.6 is 0 Å². The second kappa shape index (κ2) is 8.67. The summed E-state index contributed by atoms with van der Waals surface area (Å²) in [7, 11) is 0. The van der Waals surface area contributed by atoms with Crippen molar-refractivity contribution in [3.63, 3.8) is 0 Å². The highest BCUT2D eigenvalue weighted by atomic mass is 16.5. The summed E-state index contributed by atoms with van der Waals surface area (Å²) < 4.78 is 11.1. The Morgan fingerprint density at radius 1 is 1.19 bits per heavy atom. The van der Waals surface area contributed by atoms with Gasteiger partial charge in [-0.3, -0.25) is 4.79 Å². The van der Waals surface area contributed by atoms with Crippen LogP contribution in [0.5, 0.6) is 5.75 Å². The maximum Gasteiger partial charge on any atom is 0.220 e. The fraction of sp³-hybridized carbons (Fsp3) is 0.250. The van der Waals surface area contributed by atoms with Crippen LogP contribution in [0, 0.1) is 11.3 Å². The van der Waals surface area contributed by atoms with E-state index < -0.39 is 0 Å². The van der Waals surface area contributed by atoms with Gasteiger partial charge in [0.25, 0.3) is 0 Å². The predicted octanol–water partition coefficient (Wildman–Crippen LogP) is 3.56. The molecule has 0 unspecified atom stereocenters. The molecule has 0 saturated heterocycles. The summed E-state index contributed by atoms with van der Waals surface area (Å²) in [5, 5.41) is 11.7. The molecule has 0 fully saturated rings. The molecule has 0 spiro atoms. The molecule has 0 atom stereocenters. The lowest BCUT2D eigenvalue weighted by molar-refractivity contribution is -0.121. The Labute approximate surface area is 151 Å². The Hall–Kier alpha value is -3.33. The Kier molecular flexibility index (Phi) is 5.84. The highest BCUT2D eigenvalue weighted by Crippen LogP contribution is 2.15. The first-order valence-corrected chi connectivity index (χ1v) is 8.49. The SMILES string of the molecule is N#Cc1cccc(OCCCCC(=O)NCc2nc3ccccc3o2)c1. The number of hydrogen-bond acceptors (Lipinski definition) is 5. The van der Waals surface area contributed by atoms with Crippen LogP contribution < -0.4 is 10.1 Å². The van der Waals surface area contributed by atoms with E-state index in [1.807, 2.05) is 30.3 Å². The van der Waals surface area contributed by atoms with E-state index >= 15 is 0 Å². The predicted molar refractivity (Wildman–Crippen MR) is 96.4 cm³/mol. The van der Waals surface area contributed by atoms with Crippen LogP contribution in [0.4, 0.5) is 0 Å². The van der Waals surface area contributed by atoms with Gasteiger partial charge in [-0.15, -0.1) is 0 Å². The summed E-state index contributed by atoms with van der Waals surface area (Å²) in [6, 6.07) is 16.6. The molecule has 1 aromatic heterocycles. The zero-order valence-corrected chi connectivity index (χ0v) is 14.3. The molecule has 6 heteroatoms. The van der Waals surface area contributed by atoms with E-state index in [1.165, 1.54) is 0 Å². The molecule has 132 valence electrons. The van der Waals surface area contributed by atoms with Crippen LogP contribution in [-0.2, 0) is 11.3 Å². The maximum absolute atomic E-state index is 11.9. The Balaban J connectivity index is 1.33. The summed E-state index contributed by atoms with van der Waals surface area (Å²) in [6.07, 6.45) is 1.90. The number of fused-ring (bicyclic) bond motifs is 1. The molecule has 0 aliphatic carbocycles. The lowest BCUT2D eigenvalue weighted by atomic mass is 10.2. The lowest BCUT2D eigenvalue weighted by Gasteiger charge is -2.06. The van der Waals surface area contributed by atoms with Crippen molar-refractivity contribution in [3.8, 4) is 11.8 Å². The number of unbranched alkanes of at least 4 members (excludes halogenated alkanes) is 1. The third kappa shape index (κ3) is 4.84. The summed E-state index contributed by atoms with van der Waals surface area (Å²) in [4.78, 5) is 16.2. The highest BCUT2D eigenvalue weighted by Gasteiger charge is 2.07. The average molecular weight is 349 g/mol. The van der Waals surface area contributed by atoms with Gasteiger partial charge in [-0.2, -0.15) is 5.26 Å². The van der Waals surface area contributed by atoms with Gasteiger partial charge in [-0.1, -0.05) is 18.2 Å². The number of nitrogens with zero attached hydrogens (tertiary/aromatic N) is 2. The van der Waals surface area contributed by atoms with Crippen LogP contribution in [-0.4, -0.2) is 17.5 Å². The molecule has 0 aliphatic rings. The Morgan fingerprint density at radius 3 is 2.92 bits per heavy atom. The zero-order chi connectivity index (χ0) is 18.2. The molecule has 0 bridgehead atoms. The molecule has 0 aliphatic heterocycles. The third-order valence-corrected chi connectivity index (χ3v) is 3.81. The number of para-hydroxylation sites is 2. The summed E-state index contributed by atoms with van der Waals surface area (Å²) in [6.45, 7) is 0.790. The first-order valence-electron chi connectivity index (χ1n) is 8.49. The highest BCUT2D eigenvalue weighted by molar-refractivity contribution is 5.76. The van der Waals surface area contributed by atoms with Gasteiger partial charge in [0.2, 0.25) is 11.8 Å². The monoisotopic (exact) mass is 349 g/mol. The number of amides is 1. The van der Waals surface area contributed by atoms with Crippen LogP contribution in [0.25, 0.3) is 11.1 Å². The standard InChI is InChI=1S/C20H19N3O3/c21-13-15-6-5-7-16(12-15)25-11-4-3-10-19(24)22-14-20-23-17-8-1-2-9-18(17)26-20/h1-2,5-9,12H,3-4,10-11,14H2,(H,22,24). The fourth-order valence-corrected chi connectivity index (χ4v) is 2.49. The van der Waals surface area contributed by atoms with Crippen LogP contribution in [0.15, 0.2) is 52.9 Å². The van der Waals surface area contributed by atoms with Gasteiger partial charge in [0.05, 0.1) is 24.8 Å². The van der Waals surface area contributed by atoms with Crippen LogP contribution in [0.2, 0.25) is 0 Å². The Bertz CT molecular complexity index is 894. The second-order valence-electron chi connectivity index (χ2n) is 5.80. The summed E-state index contributed by atoms with van der Waals surface area (Å²) in [5.41, 5.74) is 2.07. The van der Waals surface area contributed by atoms with Crippen molar-refractivity contribution in [2.75, 3.05) is 6.61 Å².